The molecular weight excluding hydrogens is 617 g/mol. The number of fused-ring (bicyclic) bond motifs is 9. The first-order chi connectivity index (χ1) is 25.3. The first-order valence-corrected chi connectivity index (χ1v) is 17.6. The van der Waals surface area contributed by atoms with Crippen molar-refractivity contribution in [2.45, 2.75) is 0 Å². The van der Waals surface area contributed by atoms with Gasteiger partial charge in [0.25, 0.3) is 0 Å². The molecule has 1 heterocycles. The SMILES string of the molecule is c1ccc(-c2cccc3c(-c4cccc5c4ccc4ccccc45)c4ccccc4c(-c4cccc5oc6cc7ccccc7cc6c45)c23)cc1. The minimum atomic E-state index is 0.900. The van der Waals surface area contributed by atoms with Crippen molar-refractivity contribution < 1.29 is 4.42 Å². The molecule has 236 valence electrons. The summed E-state index contributed by atoms with van der Waals surface area (Å²) in [6.07, 6.45) is 0. The minimum absolute atomic E-state index is 0.900. The predicted octanol–water partition coefficient (Wildman–Crippen LogP) is 14.4. The standard InChI is InChI=1S/C50H30O/c1-2-13-31(14-3-1)36-21-10-24-42-47(39-23-11-22-37-35-18-7-6-15-32(35)27-28-38(37)39)40-19-8-9-20-41(40)50(49(36)42)43-25-12-26-45-48(43)44-29-33-16-4-5-17-34(33)30-46(44)51-45/h1-30H. The van der Waals surface area contributed by atoms with Gasteiger partial charge in [-0.05, 0) is 105 Å². The van der Waals surface area contributed by atoms with E-state index in [-0.39, 0.29) is 0 Å². The van der Waals surface area contributed by atoms with Crippen LogP contribution in [0.5, 0.6) is 0 Å². The molecule has 0 saturated carbocycles. The Morgan fingerprint density at radius 1 is 0.275 bits per heavy atom. The van der Waals surface area contributed by atoms with Crippen LogP contribution in [0.3, 0.4) is 0 Å². The number of furan rings is 1. The summed E-state index contributed by atoms with van der Waals surface area (Å²) in [7, 11) is 0. The van der Waals surface area contributed by atoms with Crippen molar-refractivity contribution in [3.8, 4) is 33.4 Å². The zero-order valence-corrected chi connectivity index (χ0v) is 27.7. The number of hydrogen-bond acceptors (Lipinski definition) is 1. The van der Waals surface area contributed by atoms with Gasteiger partial charge in [-0.25, -0.2) is 0 Å². The average molecular weight is 647 g/mol. The molecule has 0 bridgehead atoms. The van der Waals surface area contributed by atoms with Gasteiger partial charge in [0.05, 0.1) is 0 Å². The molecule has 1 heteroatoms. The molecule has 0 unspecified atom stereocenters. The van der Waals surface area contributed by atoms with E-state index in [1.54, 1.807) is 0 Å². The van der Waals surface area contributed by atoms with E-state index < -0.39 is 0 Å². The van der Waals surface area contributed by atoms with Crippen molar-refractivity contribution in [2.24, 2.45) is 0 Å². The zero-order chi connectivity index (χ0) is 33.5. The summed E-state index contributed by atoms with van der Waals surface area (Å²) < 4.78 is 6.64. The zero-order valence-electron chi connectivity index (χ0n) is 27.7. The molecule has 1 aromatic heterocycles. The van der Waals surface area contributed by atoms with Crippen LogP contribution in [0, 0.1) is 0 Å². The maximum atomic E-state index is 6.64. The number of benzene rings is 10. The first kappa shape index (κ1) is 28.2. The fourth-order valence-corrected chi connectivity index (χ4v) is 8.64. The predicted molar refractivity (Wildman–Crippen MR) is 218 cm³/mol. The number of hydrogen-bond donors (Lipinski definition) is 0. The van der Waals surface area contributed by atoms with E-state index in [4.69, 9.17) is 4.42 Å². The molecule has 0 spiro atoms. The first-order valence-electron chi connectivity index (χ1n) is 17.6. The summed E-state index contributed by atoms with van der Waals surface area (Å²) in [4.78, 5) is 0. The quantitative estimate of drug-likeness (QED) is 0.138. The largest absolute Gasteiger partial charge is 0.456 e. The molecular formula is C50H30O. The van der Waals surface area contributed by atoms with Crippen LogP contribution >= 0.6 is 0 Å². The second kappa shape index (κ2) is 10.9. The summed E-state index contributed by atoms with van der Waals surface area (Å²) in [5.74, 6) is 0. The highest BCUT2D eigenvalue weighted by Gasteiger charge is 2.23. The molecule has 0 N–H and O–H groups in total. The summed E-state index contributed by atoms with van der Waals surface area (Å²) in [6, 6.07) is 66.4. The van der Waals surface area contributed by atoms with E-state index in [0.29, 0.717) is 0 Å². The van der Waals surface area contributed by atoms with Crippen molar-refractivity contribution >= 4 is 75.8 Å². The smallest absolute Gasteiger partial charge is 0.136 e. The van der Waals surface area contributed by atoms with Gasteiger partial charge in [-0.3, -0.25) is 0 Å². The van der Waals surface area contributed by atoms with Gasteiger partial charge in [-0.1, -0.05) is 164 Å². The van der Waals surface area contributed by atoms with E-state index in [9.17, 15) is 0 Å². The number of rotatable bonds is 3. The van der Waals surface area contributed by atoms with Crippen LogP contribution in [0.4, 0.5) is 0 Å². The average Bonchev–Trinajstić information content (AvgIpc) is 3.56. The van der Waals surface area contributed by atoms with Gasteiger partial charge in [0.2, 0.25) is 0 Å². The molecule has 1 nitrogen and oxygen atoms in total. The lowest BCUT2D eigenvalue weighted by atomic mass is 9.81. The van der Waals surface area contributed by atoms with Crippen LogP contribution < -0.4 is 0 Å². The lowest BCUT2D eigenvalue weighted by Crippen LogP contribution is -1.94. The van der Waals surface area contributed by atoms with Gasteiger partial charge >= 0.3 is 0 Å². The second-order valence-electron chi connectivity index (χ2n) is 13.6. The van der Waals surface area contributed by atoms with Gasteiger partial charge in [0.15, 0.2) is 0 Å². The second-order valence-corrected chi connectivity index (χ2v) is 13.6. The molecule has 0 aliphatic rings. The van der Waals surface area contributed by atoms with Crippen LogP contribution in [0.25, 0.3) is 109 Å². The molecule has 0 aliphatic carbocycles. The Morgan fingerprint density at radius 3 is 1.71 bits per heavy atom. The van der Waals surface area contributed by atoms with Gasteiger partial charge in [-0.15, -0.1) is 0 Å². The van der Waals surface area contributed by atoms with Crippen molar-refractivity contribution in [1.82, 2.24) is 0 Å². The normalized spacial score (nSPS) is 11.9. The summed E-state index contributed by atoms with van der Waals surface area (Å²) in [5, 5.41) is 14.7. The fraction of sp³-hybridized carbons (Fsp3) is 0. The Labute approximate surface area is 294 Å². The van der Waals surface area contributed by atoms with Crippen molar-refractivity contribution in [1.29, 1.82) is 0 Å². The topological polar surface area (TPSA) is 13.1 Å². The molecule has 11 aromatic rings. The Morgan fingerprint density at radius 2 is 0.882 bits per heavy atom. The minimum Gasteiger partial charge on any atom is -0.456 e. The molecule has 0 radical (unpaired) electrons. The molecule has 11 rings (SSSR count). The van der Waals surface area contributed by atoms with Crippen molar-refractivity contribution in [2.75, 3.05) is 0 Å². The third kappa shape index (κ3) is 4.16. The van der Waals surface area contributed by atoms with E-state index in [1.165, 1.54) is 87.2 Å². The third-order valence-corrected chi connectivity index (χ3v) is 10.8. The monoisotopic (exact) mass is 646 g/mol. The molecule has 51 heavy (non-hydrogen) atoms. The maximum Gasteiger partial charge on any atom is 0.136 e. The molecule has 0 amide bonds. The Hall–Kier alpha value is -6.70. The lowest BCUT2D eigenvalue weighted by Gasteiger charge is -2.21. The third-order valence-electron chi connectivity index (χ3n) is 10.8. The maximum absolute atomic E-state index is 6.64. The van der Waals surface area contributed by atoms with Crippen LogP contribution in [0.1, 0.15) is 0 Å². The molecule has 0 fully saturated rings. The van der Waals surface area contributed by atoms with Gasteiger partial charge in [0.1, 0.15) is 11.2 Å². The molecule has 0 saturated heterocycles. The van der Waals surface area contributed by atoms with Crippen molar-refractivity contribution in [3.05, 3.63) is 182 Å². The van der Waals surface area contributed by atoms with E-state index in [0.717, 1.165) is 21.9 Å². The Kier molecular flexibility index (Phi) is 6.02. The molecule has 0 aliphatic heterocycles. The van der Waals surface area contributed by atoms with Gasteiger partial charge in [-0.2, -0.15) is 0 Å². The van der Waals surface area contributed by atoms with Crippen LogP contribution in [0.15, 0.2) is 186 Å². The highest BCUT2D eigenvalue weighted by Crippen LogP contribution is 2.50. The van der Waals surface area contributed by atoms with Crippen LogP contribution in [-0.4, -0.2) is 0 Å². The Balaban J connectivity index is 1.34. The summed E-state index contributed by atoms with van der Waals surface area (Å²) in [6.45, 7) is 0. The van der Waals surface area contributed by atoms with E-state index in [1.807, 2.05) is 0 Å². The van der Waals surface area contributed by atoms with Crippen LogP contribution in [-0.2, 0) is 0 Å². The van der Waals surface area contributed by atoms with Gasteiger partial charge in [0, 0.05) is 10.8 Å². The highest BCUT2D eigenvalue weighted by atomic mass is 16.3. The molecule has 0 atom stereocenters. The molecule has 10 aromatic carbocycles. The van der Waals surface area contributed by atoms with Crippen molar-refractivity contribution in [3.63, 3.8) is 0 Å². The Bertz CT molecular complexity index is 3180. The summed E-state index contributed by atoms with van der Waals surface area (Å²) in [5.41, 5.74) is 9.15. The lowest BCUT2D eigenvalue weighted by molar-refractivity contribution is 0.669. The highest BCUT2D eigenvalue weighted by molar-refractivity contribution is 6.30. The summed E-state index contributed by atoms with van der Waals surface area (Å²) >= 11 is 0. The van der Waals surface area contributed by atoms with E-state index in [2.05, 4.69) is 182 Å². The fourth-order valence-electron chi connectivity index (χ4n) is 8.64. The van der Waals surface area contributed by atoms with Crippen LogP contribution in [0.2, 0.25) is 0 Å². The van der Waals surface area contributed by atoms with E-state index >= 15 is 0 Å². The van der Waals surface area contributed by atoms with Gasteiger partial charge < -0.3 is 4.42 Å².